The number of hydrogen-bond donors (Lipinski definition) is 2. The molecule has 1 aromatic rings. The first kappa shape index (κ1) is 19.6. The van der Waals surface area contributed by atoms with E-state index in [9.17, 15) is 14.4 Å². The van der Waals surface area contributed by atoms with Gasteiger partial charge in [-0.15, -0.1) is 0 Å². The minimum atomic E-state index is -0.449. The van der Waals surface area contributed by atoms with Crippen molar-refractivity contribution in [2.75, 3.05) is 32.2 Å². The van der Waals surface area contributed by atoms with Gasteiger partial charge in [0.1, 0.15) is 6.61 Å². The van der Waals surface area contributed by atoms with Crippen molar-refractivity contribution < 1.29 is 23.9 Å². The first-order valence-electron chi connectivity index (χ1n) is 7.89. The molecule has 1 aromatic carbocycles. The molecule has 0 spiro atoms. The van der Waals surface area contributed by atoms with Gasteiger partial charge in [0.15, 0.2) is 0 Å². The summed E-state index contributed by atoms with van der Waals surface area (Å²) in [6.45, 7) is 3.06. The Morgan fingerprint density at radius 1 is 1.12 bits per heavy atom. The van der Waals surface area contributed by atoms with Gasteiger partial charge < -0.3 is 20.1 Å². The summed E-state index contributed by atoms with van der Waals surface area (Å²) in [5.74, 6) is -0.950. The van der Waals surface area contributed by atoms with Crippen LogP contribution in [0.4, 0.5) is 5.69 Å². The van der Waals surface area contributed by atoms with Gasteiger partial charge in [-0.2, -0.15) is 0 Å². The molecule has 0 unspecified atom stereocenters. The standard InChI is InChI=1S/C17H24N2O5/c1-3-9-18-17(22)13-5-4-6-14(12-13)19-15(20)7-8-16(21)24-11-10-23-2/h4-6,12H,3,7-11H2,1-2H3,(H,18,22)(H,19,20). The van der Waals surface area contributed by atoms with Crippen LogP contribution < -0.4 is 10.6 Å². The van der Waals surface area contributed by atoms with Crippen molar-refractivity contribution in [1.82, 2.24) is 5.32 Å². The summed E-state index contributed by atoms with van der Waals surface area (Å²) >= 11 is 0. The van der Waals surface area contributed by atoms with Crippen molar-refractivity contribution in [3.63, 3.8) is 0 Å². The molecule has 0 radical (unpaired) electrons. The van der Waals surface area contributed by atoms with Crippen LogP contribution in [0.2, 0.25) is 0 Å². The van der Waals surface area contributed by atoms with Crippen molar-refractivity contribution in [3.05, 3.63) is 29.8 Å². The van der Waals surface area contributed by atoms with Crippen LogP contribution in [-0.2, 0) is 19.1 Å². The van der Waals surface area contributed by atoms with E-state index in [2.05, 4.69) is 10.6 Å². The van der Waals surface area contributed by atoms with E-state index in [1.807, 2.05) is 6.92 Å². The predicted octanol–water partition coefficient (Wildman–Crippen LogP) is 1.73. The van der Waals surface area contributed by atoms with Crippen LogP contribution in [0.15, 0.2) is 24.3 Å². The fraction of sp³-hybridized carbons (Fsp3) is 0.471. The molecule has 0 atom stereocenters. The fourth-order valence-electron chi connectivity index (χ4n) is 1.83. The Morgan fingerprint density at radius 2 is 1.92 bits per heavy atom. The number of carbonyl (C=O) groups is 3. The van der Waals surface area contributed by atoms with E-state index in [-0.39, 0.29) is 31.3 Å². The van der Waals surface area contributed by atoms with Crippen molar-refractivity contribution in [2.45, 2.75) is 26.2 Å². The monoisotopic (exact) mass is 336 g/mol. The number of ether oxygens (including phenoxy) is 2. The van der Waals surface area contributed by atoms with E-state index >= 15 is 0 Å². The van der Waals surface area contributed by atoms with Gasteiger partial charge in [0.2, 0.25) is 5.91 Å². The highest BCUT2D eigenvalue weighted by molar-refractivity contribution is 5.97. The van der Waals surface area contributed by atoms with Gasteiger partial charge in [0.25, 0.3) is 5.91 Å². The molecule has 132 valence electrons. The molecule has 0 aliphatic rings. The third-order valence-electron chi connectivity index (χ3n) is 3.05. The number of rotatable bonds is 10. The van der Waals surface area contributed by atoms with Crippen molar-refractivity contribution in [1.29, 1.82) is 0 Å². The highest BCUT2D eigenvalue weighted by atomic mass is 16.6. The second-order valence-electron chi connectivity index (χ2n) is 5.10. The number of benzene rings is 1. The Hall–Kier alpha value is -2.41. The van der Waals surface area contributed by atoms with E-state index in [1.165, 1.54) is 7.11 Å². The lowest BCUT2D eigenvalue weighted by atomic mass is 10.2. The predicted molar refractivity (Wildman–Crippen MR) is 89.8 cm³/mol. The summed E-state index contributed by atoms with van der Waals surface area (Å²) in [6.07, 6.45) is 0.854. The molecule has 0 bridgehead atoms. The molecule has 7 heteroatoms. The summed E-state index contributed by atoms with van der Waals surface area (Å²) in [4.78, 5) is 35.2. The summed E-state index contributed by atoms with van der Waals surface area (Å²) in [6, 6.07) is 6.65. The van der Waals surface area contributed by atoms with Crippen LogP contribution in [0.5, 0.6) is 0 Å². The van der Waals surface area contributed by atoms with Crippen LogP contribution in [0.3, 0.4) is 0 Å². The van der Waals surface area contributed by atoms with Gasteiger partial charge in [-0.05, 0) is 24.6 Å². The van der Waals surface area contributed by atoms with Gasteiger partial charge in [0, 0.05) is 31.3 Å². The molecule has 1 rings (SSSR count). The normalized spacial score (nSPS) is 10.1. The summed E-state index contributed by atoms with van der Waals surface area (Å²) < 4.78 is 9.64. The van der Waals surface area contributed by atoms with Gasteiger partial charge in [-0.1, -0.05) is 13.0 Å². The van der Waals surface area contributed by atoms with Crippen LogP contribution >= 0.6 is 0 Å². The molecule has 2 N–H and O–H groups in total. The number of methoxy groups -OCH3 is 1. The van der Waals surface area contributed by atoms with Crippen molar-refractivity contribution in [2.24, 2.45) is 0 Å². The Bertz CT molecular complexity index is 560. The summed E-state index contributed by atoms with van der Waals surface area (Å²) in [5, 5.41) is 5.44. The molecular formula is C17H24N2O5. The Kier molecular flexibility index (Phi) is 9.14. The molecule has 0 aliphatic heterocycles. The zero-order chi connectivity index (χ0) is 17.8. The van der Waals surface area contributed by atoms with Gasteiger partial charge in [-0.25, -0.2) is 0 Å². The van der Waals surface area contributed by atoms with Crippen LogP contribution in [-0.4, -0.2) is 44.7 Å². The number of carbonyl (C=O) groups excluding carboxylic acids is 3. The van der Waals surface area contributed by atoms with Crippen LogP contribution in [0.25, 0.3) is 0 Å². The number of hydrogen-bond acceptors (Lipinski definition) is 5. The second-order valence-corrected chi connectivity index (χ2v) is 5.10. The third-order valence-corrected chi connectivity index (χ3v) is 3.05. The molecule has 0 fully saturated rings. The molecule has 7 nitrogen and oxygen atoms in total. The van der Waals surface area contributed by atoms with Crippen LogP contribution in [0, 0.1) is 0 Å². The summed E-state index contributed by atoms with van der Waals surface area (Å²) in [5.41, 5.74) is 0.983. The van der Waals surface area contributed by atoms with Crippen LogP contribution in [0.1, 0.15) is 36.5 Å². The highest BCUT2D eigenvalue weighted by Crippen LogP contribution is 2.11. The first-order valence-corrected chi connectivity index (χ1v) is 7.89. The largest absolute Gasteiger partial charge is 0.463 e. The highest BCUT2D eigenvalue weighted by Gasteiger charge is 2.10. The molecule has 0 aliphatic carbocycles. The molecule has 0 heterocycles. The number of amides is 2. The number of anilines is 1. The van der Waals surface area contributed by atoms with E-state index in [4.69, 9.17) is 9.47 Å². The number of nitrogens with one attached hydrogen (secondary N) is 2. The average molecular weight is 336 g/mol. The average Bonchev–Trinajstić information content (AvgIpc) is 2.58. The Labute approximate surface area is 141 Å². The van der Waals surface area contributed by atoms with E-state index < -0.39 is 5.97 Å². The molecule has 0 saturated carbocycles. The zero-order valence-corrected chi connectivity index (χ0v) is 14.1. The molecule has 24 heavy (non-hydrogen) atoms. The Morgan fingerprint density at radius 3 is 2.62 bits per heavy atom. The lowest BCUT2D eigenvalue weighted by molar-refractivity contribution is -0.145. The maximum Gasteiger partial charge on any atom is 0.306 e. The fourth-order valence-corrected chi connectivity index (χ4v) is 1.83. The van der Waals surface area contributed by atoms with Gasteiger partial charge in [-0.3, -0.25) is 14.4 Å². The SMILES string of the molecule is CCCNC(=O)c1cccc(NC(=O)CCC(=O)OCCOC)c1. The van der Waals surface area contributed by atoms with E-state index in [1.54, 1.807) is 24.3 Å². The van der Waals surface area contributed by atoms with E-state index in [0.29, 0.717) is 24.4 Å². The zero-order valence-electron chi connectivity index (χ0n) is 14.1. The van der Waals surface area contributed by atoms with E-state index in [0.717, 1.165) is 6.42 Å². The quantitative estimate of drug-likeness (QED) is 0.501. The van der Waals surface area contributed by atoms with Gasteiger partial charge in [0.05, 0.1) is 13.0 Å². The molecule has 2 amide bonds. The maximum absolute atomic E-state index is 11.9. The topological polar surface area (TPSA) is 93.7 Å². The van der Waals surface area contributed by atoms with Gasteiger partial charge >= 0.3 is 5.97 Å². The molecule has 0 aromatic heterocycles. The minimum Gasteiger partial charge on any atom is -0.463 e. The van der Waals surface area contributed by atoms with Crippen molar-refractivity contribution in [3.8, 4) is 0 Å². The third kappa shape index (κ3) is 7.73. The Balaban J connectivity index is 2.44. The lowest BCUT2D eigenvalue weighted by Gasteiger charge is -2.08. The first-order chi connectivity index (χ1) is 11.6. The minimum absolute atomic E-state index is 0.00771. The molecule has 0 saturated heterocycles. The molecular weight excluding hydrogens is 312 g/mol. The van der Waals surface area contributed by atoms with Crippen molar-refractivity contribution >= 4 is 23.5 Å². The smallest absolute Gasteiger partial charge is 0.306 e. The maximum atomic E-state index is 11.9. The second kappa shape index (κ2) is 11.2. The summed E-state index contributed by atoms with van der Waals surface area (Å²) in [7, 11) is 1.51. The number of esters is 1. The lowest BCUT2D eigenvalue weighted by Crippen LogP contribution is -2.24.